The first-order chi connectivity index (χ1) is 17.7. The molecule has 3 aliphatic heterocycles. The lowest BCUT2D eigenvalue weighted by molar-refractivity contribution is -0.140. The molecule has 3 N–H and O–H groups in total. The number of amides is 3. The van der Waals surface area contributed by atoms with Crippen LogP contribution in [-0.4, -0.2) is 62.0 Å². The van der Waals surface area contributed by atoms with Gasteiger partial charge in [-0.3, -0.25) is 14.4 Å². The quantitative estimate of drug-likeness (QED) is 0.375. The van der Waals surface area contributed by atoms with Gasteiger partial charge in [0.05, 0.1) is 16.6 Å². The van der Waals surface area contributed by atoms with Gasteiger partial charge in [0.2, 0.25) is 17.7 Å². The molecule has 210 valence electrons. The molecule has 4 rings (SSSR count). The van der Waals surface area contributed by atoms with Crippen LogP contribution in [0.3, 0.4) is 0 Å². The van der Waals surface area contributed by atoms with Crippen molar-refractivity contribution < 1.29 is 19.5 Å². The Hall–Kier alpha value is -2.06. The Kier molecular flexibility index (Phi) is 7.99. The first-order valence-corrected chi connectivity index (χ1v) is 14.8. The number of carbonyl (C=O) groups is 3. The third kappa shape index (κ3) is 5.48. The van der Waals surface area contributed by atoms with Crippen LogP contribution in [0, 0.1) is 17.3 Å². The van der Waals surface area contributed by atoms with Gasteiger partial charge in [-0.15, -0.1) is 11.8 Å². The summed E-state index contributed by atoms with van der Waals surface area (Å²) in [5, 5.41) is 15.6. The Balaban J connectivity index is 1.66. The standard InChI is InChI=1S/C30H45N3O4S/c1-27(2,3)19-28(4,5)32-25(36)23-30-16-15-29(6,38-30)21(24(35)31-20-13-9-7-10-14-20)22(30)26(37)33(23)17-11-8-12-18-34/h7,9-10,13-14,21-23,34H,8,11-12,15-19H2,1-6H3,(H,31,35)(H,32,36)/t21-,22+,23?,29+,30?/m1/s1. The van der Waals surface area contributed by atoms with E-state index >= 15 is 0 Å². The smallest absolute Gasteiger partial charge is 0.244 e. The number of fused-ring (bicyclic) bond motifs is 1. The number of benzene rings is 1. The zero-order valence-corrected chi connectivity index (χ0v) is 24.6. The van der Waals surface area contributed by atoms with Gasteiger partial charge in [-0.2, -0.15) is 0 Å². The van der Waals surface area contributed by atoms with E-state index < -0.39 is 32.9 Å². The maximum Gasteiger partial charge on any atom is 0.244 e. The monoisotopic (exact) mass is 543 g/mol. The zero-order chi connectivity index (χ0) is 27.9. The first-order valence-electron chi connectivity index (χ1n) is 14.0. The number of para-hydroxylation sites is 1. The van der Waals surface area contributed by atoms with E-state index in [1.54, 1.807) is 16.7 Å². The average molecular weight is 544 g/mol. The highest BCUT2D eigenvalue weighted by molar-refractivity contribution is 8.02. The van der Waals surface area contributed by atoms with Gasteiger partial charge in [0.25, 0.3) is 0 Å². The van der Waals surface area contributed by atoms with E-state index in [0.29, 0.717) is 25.1 Å². The van der Waals surface area contributed by atoms with Crippen molar-refractivity contribution in [1.82, 2.24) is 10.2 Å². The molecular formula is C30H45N3O4S. The van der Waals surface area contributed by atoms with Crippen molar-refractivity contribution >= 4 is 35.2 Å². The summed E-state index contributed by atoms with van der Waals surface area (Å²) in [5.41, 5.74) is 0.305. The fraction of sp³-hybridized carbons (Fsp3) is 0.700. The van der Waals surface area contributed by atoms with Crippen LogP contribution in [0.2, 0.25) is 0 Å². The minimum Gasteiger partial charge on any atom is -0.396 e. The van der Waals surface area contributed by atoms with Crippen LogP contribution in [0.5, 0.6) is 0 Å². The molecule has 1 aromatic carbocycles. The number of hydrogen-bond donors (Lipinski definition) is 3. The number of nitrogens with zero attached hydrogens (tertiary/aromatic N) is 1. The molecule has 7 nitrogen and oxygen atoms in total. The van der Waals surface area contributed by atoms with E-state index in [1.165, 1.54) is 0 Å². The Morgan fingerprint density at radius 2 is 1.74 bits per heavy atom. The summed E-state index contributed by atoms with van der Waals surface area (Å²) >= 11 is 1.70. The van der Waals surface area contributed by atoms with E-state index in [0.717, 1.165) is 25.7 Å². The molecule has 2 unspecified atom stereocenters. The van der Waals surface area contributed by atoms with Gasteiger partial charge in [-0.1, -0.05) is 39.0 Å². The maximum absolute atomic E-state index is 14.2. The van der Waals surface area contributed by atoms with Gasteiger partial charge in [-0.05, 0) is 76.8 Å². The molecule has 2 bridgehead atoms. The van der Waals surface area contributed by atoms with Crippen LogP contribution in [0.25, 0.3) is 0 Å². The van der Waals surface area contributed by atoms with Crippen molar-refractivity contribution in [2.45, 2.75) is 101 Å². The molecule has 38 heavy (non-hydrogen) atoms. The van der Waals surface area contributed by atoms with Crippen LogP contribution in [0.1, 0.15) is 80.1 Å². The molecule has 1 aromatic rings. The number of rotatable bonds is 10. The lowest BCUT2D eigenvalue weighted by atomic mass is 9.66. The SMILES string of the molecule is CC(C)(C)CC(C)(C)NC(=O)C1N(CCCCCO)C(=O)[C@@H]2[C@H](C(=O)Nc3ccccc3)[C@]3(C)CCC12S3. The summed E-state index contributed by atoms with van der Waals surface area (Å²) < 4.78 is -1.02. The van der Waals surface area contributed by atoms with Crippen LogP contribution in [0.4, 0.5) is 5.69 Å². The fourth-order valence-corrected chi connectivity index (χ4v) is 9.81. The molecule has 5 atom stereocenters. The molecule has 3 heterocycles. The lowest BCUT2D eigenvalue weighted by Gasteiger charge is -2.38. The van der Waals surface area contributed by atoms with E-state index in [2.05, 4.69) is 38.3 Å². The molecule has 0 aromatic heterocycles. The number of likely N-dealkylation sites (tertiary alicyclic amines) is 1. The van der Waals surface area contributed by atoms with Gasteiger partial charge < -0.3 is 20.6 Å². The summed E-state index contributed by atoms with van der Waals surface area (Å²) in [7, 11) is 0. The van der Waals surface area contributed by atoms with E-state index in [1.807, 2.05) is 44.2 Å². The first kappa shape index (κ1) is 28.9. The molecule has 0 radical (unpaired) electrons. The predicted octanol–water partition coefficient (Wildman–Crippen LogP) is 4.60. The maximum atomic E-state index is 14.2. The summed E-state index contributed by atoms with van der Waals surface area (Å²) in [4.78, 5) is 43.8. The van der Waals surface area contributed by atoms with Crippen molar-refractivity contribution in [3.8, 4) is 0 Å². The largest absolute Gasteiger partial charge is 0.396 e. The molecule has 3 aliphatic rings. The molecule has 0 aliphatic carbocycles. The molecule has 3 saturated heterocycles. The fourth-order valence-electron chi connectivity index (χ4n) is 7.45. The molecule has 3 amide bonds. The van der Waals surface area contributed by atoms with Gasteiger partial charge in [0.15, 0.2) is 0 Å². The minimum absolute atomic E-state index is 0.0295. The zero-order valence-electron chi connectivity index (χ0n) is 23.8. The second kappa shape index (κ2) is 10.5. The normalized spacial score (nSPS) is 30.4. The number of hydrogen-bond acceptors (Lipinski definition) is 5. The molecular weight excluding hydrogens is 498 g/mol. The number of aliphatic hydroxyl groups is 1. The highest BCUT2D eigenvalue weighted by Crippen LogP contribution is 2.71. The van der Waals surface area contributed by atoms with Crippen molar-refractivity contribution in [3.05, 3.63) is 30.3 Å². The van der Waals surface area contributed by atoms with Gasteiger partial charge in [0, 0.05) is 29.1 Å². The second-order valence-electron chi connectivity index (χ2n) is 13.5. The number of carbonyl (C=O) groups excluding carboxylic acids is 3. The van der Waals surface area contributed by atoms with E-state index in [-0.39, 0.29) is 29.7 Å². The van der Waals surface area contributed by atoms with E-state index in [4.69, 9.17) is 0 Å². The van der Waals surface area contributed by atoms with Crippen LogP contribution in [0.15, 0.2) is 30.3 Å². The topological polar surface area (TPSA) is 98.7 Å². The number of anilines is 1. The van der Waals surface area contributed by atoms with Gasteiger partial charge in [0.1, 0.15) is 6.04 Å². The average Bonchev–Trinajstić information content (AvgIpc) is 3.36. The van der Waals surface area contributed by atoms with Crippen LogP contribution < -0.4 is 10.6 Å². The molecule has 1 spiro atoms. The second-order valence-corrected chi connectivity index (χ2v) is 15.4. The summed E-state index contributed by atoms with van der Waals surface area (Å²) in [6, 6.07) is 8.75. The van der Waals surface area contributed by atoms with Crippen molar-refractivity contribution in [3.63, 3.8) is 0 Å². The third-order valence-electron chi connectivity index (χ3n) is 8.34. The predicted molar refractivity (Wildman–Crippen MR) is 153 cm³/mol. The number of thioether (sulfide) groups is 1. The minimum atomic E-state index is -0.622. The third-order valence-corrected chi connectivity index (χ3v) is 10.3. The highest BCUT2D eigenvalue weighted by Gasteiger charge is 2.77. The number of nitrogens with one attached hydrogen (secondary N) is 2. The summed E-state index contributed by atoms with van der Waals surface area (Å²) in [6.07, 6.45) is 4.50. The Labute approximate surface area is 231 Å². The Morgan fingerprint density at radius 1 is 1.05 bits per heavy atom. The molecule has 3 fully saturated rings. The number of unbranched alkanes of at least 4 members (excludes halogenated alkanes) is 2. The lowest BCUT2D eigenvalue weighted by Crippen LogP contribution is -2.58. The van der Waals surface area contributed by atoms with E-state index in [9.17, 15) is 19.5 Å². The highest BCUT2D eigenvalue weighted by atomic mass is 32.2. The summed E-state index contributed by atoms with van der Waals surface area (Å²) in [6.45, 7) is 13.2. The Morgan fingerprint density at radius 3 is 2.37 bits per heavy atom. The van der Waals surface area contributed by atoms with Crippen molar-refractivity contribution in [2.75, 3.05) is 18.5 Å². The molecule has 8 heteroatoms. The van der Waals surface area contributed by atoms with Crippen LogP contribution >= 0.6 is 11.8 Å². The van der Waals surface area contributed by atoms with Crippen LogP contribution in [-0.2, 0) is 14.4 Å². The number of aliphatic hydroxyl groups excluding tert-OH is 1. The molecule has 0 saturated carbocycles. The van der Waals surface area contributed by atoms with Gasteiger partial charge in [-0.25, -0.2) is 0 Å². The van der Waals surface area contributed by atoms with Crippen molar-refractivity contribution in [1.29, 1.82) is 0 Å². The summed E-state index contributed by atoms with van der Waals surface area (Å²) in [5.74, 6) is -1.37. The Bertz CT molecular complexity index is 1060. The van der Waals surface area contributed by atoms with Gasteiger partial charge >= 0.3 is 0 Å². The van der Waals surface area contributed by atoms with Crippen molar-refractivity contribution in [2.24, 2.45) is 17.3 Å².